The van der Waals surface area contributed by atoms with Crippen LogP contribution in [0, 0.1) is 6.92 Å². The van der Waals surface area contributed by atoms with E-state index in [-0.39, 0.29) is 11.1 Å². The summed E-state index contributed by atoms with van der Waals surface area (Å²) in [4.78, 5) is 42.3. The third-order valence-electron chi connectivity index (χ3n) is 3.74. The second-order valence-electron chi connectivity index (χ2n) is 5.79. The number of hydrogen-bond donors (Lipinski definition) is 0. The Balaban J connectivity index is 1.96. The molecule has 0 bridgehead atoms. The Morgan fingerprint density at radius 3 is 2.29 bits per heavy atom. The van der Waals surface area contributed by atoms with Gasteiger partial charge in [0.1, 0.15) is 0 Å². The zero-order chi connectivity index (χ0) is 17.4. The number of hydrogen-bond acceptors (Lipinski definition) is 4. The van der Waals surface area contributed by atoms with Crippen LogP contribution in [0.2, 0.25) is 0 Å². The first kappa shape index (κ1) is 15.7. The van der Waals surface area contributed by atoms with E-state index in [0.717, 1.165) is 21.6 Å². The molecule has 6 heteroatoms. The standard InChI is InChI=1S/C18H16N2O4/c1-11-5-4-6-12(9-11)13-7-8-14-15(10-13)17(22)20(16(14)21)24-18(23)19(2)3/h4-10H,1-3H3. The van der Waals surface area contributed by atoms with Gasteiger partial charge in [0, 0.05) is 14.1 Å². The number of amides is 3. The first-order valence-electron chi connectivity index (χ1n) is 7.37. The monoisotopic (exact) mass is 324 g/mol. The summed E-state index contributed by atoms with van der Waals surface area (Å²) in [6.07, 6.45) is -0.789. The van der Waals surface area contributed by atoms with Crippen molar-refractivity contribution in [3.8, 4) is 11.1 Å². The molecule has 2 aromatic rings. The van der Waals surface area contributed by atoms with Crippen molar-refractivity contribution in [3.63, 3.8) is 0 Å². The maximum Gasteiger partial charge on any atom is 0.434 e. The highest BCUT2D eigenvalue weighted by Gasteiger charge is 2.39. The van der Waals surface area contributed by atoms with Crippen LogP contribution >= 0.6 is 0 Å². The van der Waals surface area contributed by atoms with E-state index >= 15 is 0 Å². The summed E-state index contributed by atoms with van der Waals surface area (Å²) in [6.45, 7) is 1.98. The van der Waals surface area contributed by atoms with Gasteiger partial charge < -0.3 is 9.74 Å². The first-order chi connectivity index (χ1) is 11.4. The van der Waals surface area contributed by atoms with Crippen LogP contribution in [-0.4, -0.2) is 42.0 Å². The lowest BCUT2D eigenvalue weighted by Gasteiger charge is -2.15. The summed E-state index contributed by atoms with van der Waals surface area (Å²) in [6, 6.07) is 12.8. The number of hydroxylamine groups is 2. The second kappa shape index (κ2) is 5.81. The highest BCUT2D eigenvalue weighted by Crippen LogP contribution is 2.29. The van der Waals surface area contributed by atoms with Crippen LogP contribution in [0.25, 0.3) is 11.1 Å². The molecule has 24 heavy (non-hydrogen) atoms. The van der Waals surface area contributed by atoms with Gasteiger partial charge >= 0.3 is 6.09 Å². The van der Waals surface area contributed by atoms with Crippen molar-refractivity contribution in [2.24, 2.45) is 0 Å². The van der Waals surface area contributed by atoms with E-state index in [1.54, 1.807) is 18.2 Å². The maximum atomic E-state index is 12.4. The van der Waals surface area contributed by atoms with Gasteiger partial charge in [-0.1, -0.05) is 41.0 Å². The average molecular weight is 324 g/mol. The molecule has 0 saturated carbocycles. The van der Waals surface area contributed by atoms with Gasteiger partial charge in [0.2, 0.25) is 0 Å². The van der Waals surface area contributed by atoms with Crippen LogP contribution in [0.4, 0.5) is 4.79 Å². The summed E-state index contributed by atoms with van der Waals surface area (Å²) in [5.41, 5.74) is 3.31. The lowest BCUT2D eigenvalue weighted by Crippen LogP contribution is -2.36. The van der Waals surface area contributed by atoms with E-state index in [1.165, 1.54) is 14.1 Å². The normalized spacial score (nSPS) is 13.0. The van der Waals surface area contributed by atoms with Gasteiger partial charge in [0.05, 0.1) is 11.1 Å². The number of fused-ring (bicyclic) bond motifs is 1. The fraction of sp³-hybridized carbons (Fsp3) is 0.167. The Bertz CT molecular complexity index is 858. The zero-order valence-electron chi connectivity index (χ0n) is 13.6. The molecule has 0 N–H and O–H groups in total. The number of aryl methyl sites for hydroxylation is 1. The van der Waals surface area contributed by atoms with Crippen molar-refractivity contribution in [1.29, 1.82) is 0 Å². The summed E-state index contributed by atoms with van der Waals surface area (Å²) in [5.74, 6) is -1.28. The Kier molecular flexibility index (Phi) is 3.81. The lowest BCUT2D eigenvalue weighted by atomic mass is 9.99. The van der Waals surface area contributed by atoms with Crippen LogP contribution in [0.3, 0.4) is 0 Å². The third-order valence-corrected chi connectivity index (χ3v) is 3.74. The molecule has 3 amide bonds. The molecule has 0 fully saturated rings. The van der Waals surface area contributed by atoms with Crippen LogP contribution < -0.4 is 0 Å². The molecule has 1 aliphatic rings. The topological polar surface area (TPSA) is 66.9 Å². The second-order valence-corrected chi connectivity index (χ2v) is 5.79. The van der Waals surface area contributed by atoms with Gasteiger partial charge in [-0.2, -0.15) is 0 Å². The molecule has 1 heterocycles. The minimum absolute atomic E-state index is 0.225. The van der Waals surface area contributed by atoms with Crippen molar-refractivity contribution in [3.05, 3.63) is 59.2 Å². The van der Waals surface area contributed by atoms with Crippen molar-refractivity contribution in [1.82, 2.24) is 9.96 Å². The van der Waals surface area contributed by atoms with Crippen LogP contribution in [0.1, 0.15) is 26.3 Å². The summed E-state index contributed by atoms with van der Waals surface area (Å²) in [5, 5.41) is 0.507. The van der Waals surface area contributed by atoms with E-state index in [0.29, 0.717) is 5.06 Å². The molecule has 0 spiro atoms. The van der Waals surface area contributed by atoms with Gasteiger partial charge in [-0.15, -0.1) is 0 Å². The molecule has 3 rings (SSSR count). The van der Waals surface area contributed by atoms with E-state index in [2.05, 4.69) is 0 Å². The minimum atomic E-state index is -0.789. The van der Waals surface area contributed by atoms with Crippen LogP contribution in [0.15, 0.2) is 42.5 Å². The van der Waals surface area contributed by atoms with Gasteiger partial charge in [0.15, 0.2) is 0 Å². The number of nitrogens with zero attached hydrogens (tertiary/aromatic N) is 2. The Labute approximate surface area is 139 Å². The number of carbonyl (C=O) groups is 3. The highest BCUT2D eigenvalue weighted by molar-refractivity contribution is 6.21. The van der Waals surface area contributed by atoms with Crippen molar-refractivity contribution in [2.45, 2.75) is 6.92 Å². The average Bonchev–Trinajstić information content (AvgIpc) is 2.79. The van der Waals surface area contributed by atoms with Crippen molar-refractivity contribution in [2.75, 3.05) is 14.1 Å². The van der Waals surface area contributed by atoms with Crippen LogP contribution in [-0.2, 0) is 4.84 Å². The molecule has 0 aliphatic carbocycles. The number of benzene rings is 2. The molecule has 0 aromatic heterocycles. The highest BCUT2D eigenvalue weighted by atomic mass is 16.7. The van der Waals surface area contributed by atoms with E-state index in [4.69, 9.17) is 4.84 Å². The Morgan fingerprint density at radius 1 is 0.958 bits per heavy atom. The van der Waals surface area contributed by atoms with Gasteiger partial charge in [-0.25, -0.2) is 4.79 Å². The molecule has 0 atom stereocenters. The number of imide groups is 1. The molecule has 1 aliphatic heterocycles. The molecule has 0 radical (unpaired) electrons. The predicted molar refractivity (Wildman–Crippen MR) is 87.3 cm³/mol. The number of carbonyl (C=O) groups excluding carboxylic acids is 3. The summed E-state index contributed by atoms with van der Waals surface area (Å²) < 4.78 is 0. The largest absolute Gasteiger partial charge is 0.434 e. The van der Waals surface area contributed by atoms with E-state index in [9.17, 15) is 14.4 Å². The smallest absolute Gasteiger partial charge is 0.312 e. The molecular formula is C18H16N2O4. The Hall–Kier alpha value is -3.15. The molecule has 6 nitrogen and oxygen atoms in total. The summed E-state index contributed by atoms with van der Waals surface area (Å²) in [7, 11) is 2.94. The molecule has 2 aromatic carbocycles. The molecule has 0 unspecified atom stereocenters. The Morgan fingerprint density at radius 2 is 1.62 bits per heavy atom. The minimum Gasteiger partial charge on any atom is -0.312 e. The molecule has 122 valence electrons. The number of rotatable bonds is 2. The molecule has 0 saturated heterocycles. The van der Waals surface area contributed by atoms with Gasteiger partial charge in [0.25, 0.3) is 11.8 Å². The zero-order valence-corrected chi connectivity index (χ0v) is 13.6. The first-order valence-corrected chi connectivity index (χ1v) is 7.37. The fourth-order valence-corrected chi connectivity index (χ4v) is 2.47. The summed E-state index contributed by atoms with van der Waals surface area (Å²) >= 11 is 0. The predicted octanol–water partition coefficient (Wildman–Crippen LogP) is 2.87. The van der Waals surface area contributed by atoms with Gasteiger partial charge in [-0.3, -0.25) is 9.59 Å². The SMILES string of the molecule is Cc1cccc(-c2ccc3c(c2)C(=O)N(OC(=O)N(C)C)C3=O)c1. The van der Waals surface area contributed by atoms with E-state index < -0.39 is 17.9 Å². The van der Waals surface area contributed by atoms with Crippen molar-refractivity contribution >= 4 is 17.9 Å². The fourth-order valence-electron chi connectivity index (χ4n) is 2.47. The third kappa shape index (κ3) is 2.62. The lowest BCUT2D eigenvalue weighted by molar-refractivity contribution is -0.0534. The quantitative estimate of drug-likeness (QED) is 0.797. The van der Waals surface area contributed by atoms with E-state index in [1.807, 2.05) is 31.2 Å². The van der Waals surface area contributed by atoms with Crippen LogP contribution in [0.5, 0.6) is 0 Å². The van der Waals surface area contributed by atoms with Gasteiger partial charge in [-0.05, 0) is 30.2 Å². The maximum absolute atomic E-state index is 12.4. The van der Waals surface area contributed by atoms with Crippen molar-refractivity contribution < 1.29 is 19.2 Å². The molecular weight excluding hydrogens is 308 g/mol.